The summed E-state index contributed by atoms with van der Waals surface area (Å²) in [5, 5.41) is 2.92. The van der Waals surface area contributed by atoms with Crippen molar-refractivity contribution in [3.8, 4) is 11.3 Å². The smallest absolute Gasteiger partial charge is 0.234 e. The van der Waals surface area contributed by atoms with Crippen LogP contribution in [0.15, 0.2) is 34.9 Å². The van der Waals surface area contributed by atoms with Gasteiger partial charge in [-0.1, -0.05) is 0 Å². The van der Waals surface area contributed by atoms with Gasteiger partial charge in [0.2, 0.25) is 5.91 Å². The molecule has 1 aromatic carbocycles. The number of aromatic nitrogens is 1. The number of nitrogens with one attached hydrogen (secondary N) is 1. The molecule has 5 nitrogen and oxygen atoms in total. The number of carbonyl (C=O) groups excluding carboxylic acids is 1. The second kappa shape index (κ2) is 8.35. The molecule has 1 amide bonds. The Hall–Kier alpha value is -1.79. The molecule has 1 atom stereocenters. The molecule has 0 unspecified atom stereocenters. The van der Waals surface area contributed by atoms with E-state index >= 15 is 0 Å². The highest BCUT2D eigenvalue weighted by Crippen LogP contribution is 2.22. The number of thioether (sulfide) groups is 1. The van der Waals surface area contributed by atoms with Crippen LogP contribution in [0.2, 0.25) is 0 Å². The van der Waals surface area contributed by atoms with Gasteiger partial charge in [-0.15, -0.1) is 11.8 Å². The maximum Gasteiger partial charge on any atom is 0.234 e. The number of oxazole rings is 1. The molecule has 0 radical (unpaired) electrons. The Morgan fingerprint density at radius 1 is 1.33 bits per heavy atom. The lowest BCUT2D eigenvalue weighted by Gasteiger charge is -2.21. The van der Waals surface area contributed by atoms with Crippen LogP contribution in [0.1, 0.15) is 25.2 Å². The number of benzene rings is 1. The average Bonchev–Trinajstić information content (AvgIpc) is 3.03. The number of ether oxygens (including phenoxy) is 1. The zero-order valence-electron chi connectivity index (χ0n) is 13.8. The van der Waals surface area contributed by atoms with Crippen LogP contribution < -0.4 is 5.32 Å². The Bertz CT molecular complexity index is 663. The molecule has 128 valence electrons. The van der Waals surface area contributed by atoms with E-state index in [0.29, 0.717) is 17.7 Å². The van der Waals surface area contributed by atoms with Crippen LogP contribution in [0.4, 0.5) is 5.69 Å². The van der Waals surface area contributed by atoms with E-state index < -0.39 is 0 Å². The molecule has 1 fully saturated rings. The van der Waals surface area contributed by atoms with E-state index in [4.69, 9.17) is 9.15 Å². The molecule has 1 aliphatic heterocycles. The largest absolute Gasteiger partial charge is 0.441 e. The molecule has 1 N–H and O–H groups in total. The van der Waals surface area contributed by atoms with E-state index in [-0.39, 0.29) is 5.91 Å². The molecule has 24 heavy (non-hydrogen) atoms. The van der Waals surface area contributed by atoms with Crippen molar-refractivity contribution in [1.82, 2.24) is 4.98 Å². The van der Waals surface area contributed by atoms with Crippen molar-refractivity contribution < 1.29 is 13.9 Å². The van der Waals surface area contributed by atoms with E-state index in [1.165, 1.54) is 6.42 Å². The number of carbonyl (C=O) groups is 1. The van der Waals surface area contributed by atoms with Gasteiger partial charge in [-0.3, -0.25) is 4.79 Å². The van der Waals surface area contributed by atoms with Gasteiger partial charge in [-0.2, -0.15) is 0 Å². The predicted octanol–water partition coefficient (Wildman–Crippen LogP) is 3.89. The lowest BCUT2D eigenvalue weighted by Crippen LogP contribution is -2.22. The Labute approximate surface area is 146 Å². The summed E-state index contributed by atoms with van der Waals surface area (Å²) in [7, 11) is 0. The SMILES string of the molecule is Cc1ncc(-c2ccc(NC(=O)CSC[C@H]3CCCCO3)cc2)o1. The van der Waals surface area contributed by atoms with Crippen LogP contribution in [0, 0.1) is 6.92 Å². The number of aryl methyl sites for hydroxylation is 1. The fraction of sp³-hybridized carbons (Fsp3) is 0.444. The number of hydrogen-bond acceptors (Lipinski definition) is 5. The normalized spacial score (nSPS) is 17.6. The molecule has 0 aliphatic carbocycles. The average molecular weight is 346 g/mol. The second-order valence-electron chi connectivity index (χ2n) is 5.87. The summed E-state index contributed by atoms with van der Waals surface area (Å²) in [5.74, 6) is 2.72. The summed E-state index contributed by atoms with van der Waals surface area (Å²) in [6, 6.07) is 7.58. The molecule has 1 aliphatic rings. The van der Waals surface area contributed by atoms with Crippen molar-refractivity contribution in [2.75, 3.05) is 23.4 Å². The highest BCUT2D eigenvalue weighted by Gasteiger charge is 2.14. The standard InChI is InChI=1S/C18H22N2O3S/c1-13-19-10-17(23-13)14-5-7-15(8-6-14)20-18(21)12-24-11-16-4-2-3-9-22-16/h5-8,10,16H,2-4,9,11-12H2,1H3,(H,20,21)/t16-/m1/s1. The molecule has 0 bridgehead atoms. The van der Waals surface area contributed by atoms with Crippen molar-refractivity contribution in [2.24, 2.45) is 0 Å². The van der Waals surface area contributed by atoms with E-state index in [1.807, 2.05) is 31.2 Å². The number of amides is 1. The highest BCUT2D eigenvalue weighted by molar-refractivity contribution is 8.00. The van der Waals surface area contributed by atoms with Crippen LogP contribution >= 0.6 is 11.8 Å². The summed E-state index contributed by atoms with van der Waals surface area (Å²) in [6.45, 7) is 2.67. The third kappa shape index (κ3) is 4.85. The van der Waals surface area contributed by atoms with Crippen LogP contribution in [0.3, 0.4) is 0 Å². The molecule has 2 aromatic rings. The van der Waals surface area contributed by atoms with Crippen LogP contribution in [-0.4, -0.2) is 35.1 Å². The molecule has 0 spiro atoms. The third-order valence-corrected chi connectivity index (χ3v) is 4.96. The summed E-state index contributed by atoms with van der Waals surface area (Å²) in [5.41, 5.74) is 1.73. The molecular formula is C18H22N2O3S. The summed E-state index contributed by atoms with van der Waals surface area (Å²) >= 11 is 1.63. The van der Waals surface area contributed by atoms with Crippen molar-refractivity contribution in [3.05, 3.63) is 36.4 Å². The first-order chi connectivity index (χ1) is 11.7. The first kappa shape index (κ1) is 17.0. The van der Waals surface area contributed by atoms with E-state index in [0.717, 1.165) is 42.2 Å². The van der Waals surface area contributed by atoms with Crippen molar-refractivity contribution in [2.45, 2.75) is 32.3 Å². The number of rotatable bonds is 6. The molecule has 2 heterocycles. The molecule has 6 heteroatoms. The van der Waals surface area contributed by atoms with E-state index in [9.17, 15) is 4.79 Å². The summed E-state index contributed by atoms with van der Waals surface area (Å²) in [6.07, 6.45) is 5.50. The van der Waals surface area contributed by atoms with E-state index in [1.54, 1.807) is 18.0 Å². The zero-order chi connectivity index (χ0) is 16.8. The van der Waals surface area contributed by atoms with Crippen LogP contribution in [0.25, 0.3) is 11.3 Å². The van der Waals surface area contributed by atoms with Gasteiger partial charge in [0.25, 0.3) is 0 Å². The van der Waals surface area contributed by atoms with E-state index in [2.05, 4.69) is 10.3 Å². The molecule has 1 aromatic heterocycles. The van der Waals surface area contributed by atoms with Gasteiger partial charge in [0.15, 0.2) is 11.7 Å². The highest BCUT2D eigenvalue weighted by atomic mass is 32.2. The predicted molar refractivity (Wildman–Crippen MR) is 96.2 cm³/mol. The van der Waals surface area contributed by atoms with Gasteiger partial charge < -0.3 is 14.5 Å². The van der Waals surface area contributed by atoms with Crippen LogP contribution in [0.5, 0.6) is 0 Å². The first-order valence-electron chi connectivity index (χ1n) is 8.23. The minimum atomic E-state index is 0.0130. The van der Waals surface area contributed by atoms with Gasteiger partial charge in [0.1, 0.15) is 0 Å². The fourth-order valence-corrected chi connectivity index (χ4v) is 3.53. The summed E-state index contributed by atoms with van der Waals surface area (Å²) in [4.78, 5) is 16.1. The fourth-order valence-electron chi connectivity index (χ4n) is 2.63. The zero-order valence-corrected chi connectivity index (χ0v) is 14.6. The second-order valence-corrected chi connectivity index (χ2v) is 6.90. The number of anilines is 1. The first-order valence-corrected chi connectivity index (χ1v) is 9.38. The monoisotopic (exact) mass is 346 g/mol. The summed E-state index contributed by atoms with van der Waals surface area (Å²) < 4.78 is 11.2. The maximum absolute atomic E-state index is 12.0. The van der Waals surface area contributed by atoms with Gasteiger partial charge in [-0.05, 0) is 43.5 Å². The van der Waals surface area contributed by atoms with Gasteiger partial charge in [0.05, 0.1) is 18.1 Å². The van der Waals surface area contributed by atoms with Gasteiger partial charge in [-0.25, -0.2) is 4.98 Å². The van der Waals surface area contributed by atoms with Crippen LogP contribution in [-0.2, 0) is 9.53 Å². The minimum absolute atomic E-state index is 0.0130. The molecular weight excluding hydrogens is 324 g/mol. The lowest BCUT2D eigenvalue weighted by atomic mass is 10.1. The number of nitrogens with zero attached hydrogens (tertiary/aromatic N) is 1. The Balaban J connectivity index is 1.44. The van der Waals surface area contributed by atoms with Gasteiger partial charge in [0, 0.05) is 30.5 Å². The third-order valence-electron chi connectivity index (χ3n) is 3.89. The van der Waals surface area contributed by atoms with Crippen molar-refractivity contribution in [1.29, 1.82) is 0 Å². The molecule has 3 rings (SSSR count). The maximum atomic E-state index is 12.0. The molecule has 1 saturated heterocycles. The van der Waals surface area contributed by atoms with Gasteiger partial charge >= 0.3 is 0 Å². The number of hydrogen-bond donors (Lipinski definition) is 1. The topological polar surface area (TPSA) is 64.4 Å². The quantitative estimate of drug-likeness (QED) is 0.859. The van der Waals surface area contributed by atoms with Crippen molar-refractivity contribution >= 4 is 23.4 Å². The Morgan fingerprint density at radius 3 is 2.83 bits per heavy atom. The van der Waals surface area contributed by atoms with Crippen molar-refractivity contribution in [3.63, 3.8) is 0 Å². The molecule has 0 saturated carbocycles. The Morgan fingerprint density at radius 2 is 2.17 bits per heavy atom. The minimum Gasteiger partial charge on any atom is -0.441 e. The lowest BCUT2D eigenvalue weighted by molar-refractivity contribution is -0.113. The Kier molecular flexibility index (Phi) is 5.93.